The number of nitrogens with zero attached hydrogens (tertiary/aromatic N) is 5. The van der Waals surface area contributed by atoms with Crippen LogP contribution in [0.4, 0.5) is 17.6 Å². The van der Waals surface area contributed by atoms with Gasteiger partial charge in [-0.1, -0.05) is 18.2 Å². The van der Waals surface area contributed by atoms with Gasteiger partial charge in [-0.25, -0.2) is 9.37 Å². The van der Waals surface area contributed by atoms with Crippen molar-refractivity contribution in [1.29, 1.82) is 0 Å². The molecule has 1 N–H and O–H groups in total. The number of fused-ring (bicyclic) bond motifs is 1. The fraction of sp³-hybridized carbons (Fsp3) is 0.462. The number of hydrogen-bond acceptors (Lipinski definition) is 5. The second kappa shape index (κ2) is 8.90. The van der Waals surface area contributed by atoms with E-state index in [0.29, 0.717) is 67.7 Å². The maximum absolute atomic E-state index is 13.8. The molecule has 7 nitrogen and oxygen atoms in total. The number of alkyl halides is 4. The van der Waals surface area contributed by atoms with E-state index in [1.165, 1.54) is 0 Å². The minimum atomic E-state index is -4.61. The third kappa shape index (κ3) is 4.39. The van der Waals surface area contributed by atoms with E-state index in [4.69, 9.17) is 4.74 Å². The molecule has 1 unspecified atom stereocenters. The summed E-state index contributed by atoms with van der Waals surface area (Å²) in [5, 5.41) is 15.5. The van der Waals surface area contributed by atoms with Gasteiger partial charge in [-0.2, -0.15) is 18.3 Å². The van der Waals surface area contributed by atoms with E-state index < -0.39 is 18.0 Å². The molecule has 1 aliphatic heterocycles. The summed E-state index contributed by atoms with van der Waals surface area (Å²) in [7, 11) is 1.88. The Kier molecular flexibility index (Phi) is 5.78. The summed E-state index contributed by atoms with van der Waals surface area (Å²) in [6.45, 7) is 1.00. The molecule has 6 rings (SSSR count). The van der Waals surface area contributed by atoms with Crippen LogP contribution in [-0.2, 0) is 36.2 Å². The molecule has 0 spiro atoms. The molecule has 1 saturated heterocycles. The molecule has 1 aromatic carbocycles. The van der Waals surface area contributed by atoms with Crippen molar-refractivity contribution in [3.05, 3.63) is 59.3 Å². The van der Waals surface area contributed by atoms with Gasteiger partial charge in [0.2, 0.25) is 0 Å². The Bertz CT molecular complexity index is 1440. The molecule has 3 aromatic heterocycles. The molecule has 194 valence electrons. The molecule has 2 fully saturated rings. The average Bonchev–Trinajstić information content (AvgIpc) is 3.56. The average molecular weight is 515 g/mol. The number of benzene rings is 1. The summed E-state index contributed by atoms with van der Waals surface area (Å²) in [4.78, 5) is 3.99. The zero-order valence-electron chi connectivity index (χ0n) is 20.2. The van der Waals surface area contributed by atoms with Crippen molar-refractivity contribution in [3.8, 4) is 11.3 Å². The summed E-state index contributed by atoms with van der Waals surface area (Å²) < 4.78 is 62.7. The highest BCUT2D eigenvalue weighted by Gasteiger charge is 2.42. The Morgan fingerprint density at radius 2 is 2.03 bits per heavy atom. The fourth-order valence-corrected chi connectivity index (χ4v) is 5.56. The van der Waals surface area contributed by atoms with Crippen molar-refractivity contribution >= 4 is 11.0 Å². The summed E-state index contributed by atoms with van der Waals surface area (Å²) in [5.74, 6) is 0.818. The van der Waals surface area contributed by atoms with E-state index in [-0.39, 0.29) is 16.8 Å². The Morgan fingerprint density at radius 1 is 1.19 bits per heavy atom. The number of ether oxygens (including phenoxy) is 1. The smallest absolute Gasteiger partial charge is 0.379 e. The van der Waals surface area contributed by atoms with Crippen LogP contribution < -0.4 is 0 Å². The Hall–Kier alpha value is -3.34. The summed E-state index contributed by atoms with van der Waals surface area (Å²) in [5.41, 5.74) is 1.84. The minimum absolute atomic E-state index is 0.00384. The SMILES string of the molecule is Cn1cnnc1CC1(c2cccc(-c3n[nH]c4c(CC5CC[C@H](F)C5)cc(C(F)(F)F)nc34)c2)COC1. The van der Waals surface area contributed by atoms with Crippen LogP contribution in [0.5, 0.6) is 0 Å². The zero-order valence-corrected chi connectivity index (χ0v) is 20.2. The van der Waals surface area contributed by atoms with Gasteiger partial charge in [-0.3, -0.25) is 5.10 Å². The molecule has 0 amide bonds. The highest BCUT2D eigenvalue weighted by atomic mass is 19.4. The summed E-state index contributed by atoms with van der Waals surface area (Å²) in [6.07, 6.45) is -1.42. The number of rotatable bonds is 6. The monoisotopic (exact) mass is 514 g/mol. The maximum Gasteiger partial charge on any atom is 0.433 e. The predicted octanol–water partition coefficient (Wildman–Crippen LogP) is 4.96. The molecule has 2 atom stereocenters. The Labute approximate surface area is 210 Å². The second-order valence-electron chi connectivity index (χ2n) is 10.3. The van der Waals surface area contributed by atoms with E-state index in [1.54, 1.807) is 6.33 Å². The van der Waals surface area contributed by atoms with Crippen LogP contribution in [0.15, 0.2) is 36.7 Å². The van der Waals surface area contributed by atoms with Crippen molar-refractivity contribution in [3.63, 3.8) is 0 Å². The number of H-pyrrole nitrogens is 1. The van der Waals surface area contributed by atoms with Crippen LogP contribution in [0.1, 0.15) is 41.9 Å². The van der Waals surface area contributed by atoms with E-state index >= 15 is 0 Å². The van der Waals surface area contributed by atoms with Crippen LogP contribution in [0, 0.1) is 5.92 Å². The topological polar surface area (TPSA) is 81.5 Å². The van der Waals surface area contributed by atoms with Gasteiger partial charge in [0, 0.05) is 24.4 Å². The van der Waals surface area contributed by atoms with E-state index in [1.807, 2.05) is 35.9 Å². The Balaban J connectivity index is 1.40. The Morgan fingerprint density at radius 3 is 2.68 bits per heavy atom. The quantitative estimate of drug-likeness (QED) is 0.368. The van der Waals surface area contributed by atoms with E-state index in [0.717, 1.165) is 17.5 Å². The van der Waals surface area contributed by atoms with Crippen LogP contribution in [0.25, 0.3) is 22.3 Å². The van der Waals surface area contributed by atoms with Crippen molar-refractivity contribution in [1.82, 2.24) is 29.9 Å². The summed E-state index contributed by atoms with van der Waals surface area (Å²) in [6, 6.07) is 8.71. The van der Waals surface area contributed by atoms with Crippen molar-refractivity contribution in [2.24, 2.45) is 13.0 Å². The molecular formula is C26H26F4N6O. The number of hydrogen-bond donors (Lipinski definition) is 1. The largest absolute Gasteiger partial charge is 0.433 e. The van der Waals surface area contributed by atoms with Crippen LogP contribution in [0.2, 0.25) is 0 Å². The third-order valence-corrected chi connectivity index (χ3v) is 7.69. The second-order valence-corrected chi connectivity index (χ2v) is 10.3. The van der Waals surface area contributed by atoms with Gasteiger partial charge in [0.05, 0.1) is 18.7 Å². The first-order valence-corrected chi connectivity index (χ1v) is 12.3. The molecule has 11 heteroatoms. The van der Waals surface area contributed by atoms with Crippen molar-refractivity contribution in [2.75, 3.05) is 13.2 Å². The number of aromatic nitrogens is 6. The van der Waals surface area contributed by atoms with Crippen molar-refractivity contribution < 1.29 is 22.3 Å². The lowest BCUT2D eigenvalue weighted by Crippen LogP contribution is -2.49. The number of aryl methyl sites for hydroxylation is 1. The zero-order chi connectivity index (χ0) is 25.8. The number of aromatic amines is 1. The van der Waals surface area contributed by atoms with E-state index in [2.05, 4.69) is 25.4 Å². The predicted molar refractivity (Wildman–Crippen MR) is 127 cm³/mol. The standard InChI is InChI=1S/C26H26F4N6O/c1-36-14-31-33-21(36)11-25(12-37-13-25)18-4-2-3-16(9-18)22-24-23(35-34-22)17(7-15-5-6-19(27)8-15)10-20(32-24)26(28,29)30/h2-4,9-10,14-15,19H,5-8,11-13H2,1H3,(H,34,35)/t15?,19-/m0/s1. The lowest BCUT2D eigenvalue weighted by Gasteiger charge is -2.41. The maximum atomic E-state index is 13.8. The fourth-order valence-electron chi connectivity index (χ4n) is 5.56. The highest BCUT2D eigenvalue weighted by molar-refractivity contribution is 5.91. The first-order chi connectivity index (χ1) is 17.7. The van der Waals surface area contributed by atoms with Gasteiger partial charge < -0.3 is 9.30 Å². The number of halogens is 4. The van der Waals surface area contributed by atoms with Crippen LogP contribution in [-0.4, -0.2) is 49.3 Å². The third-order valence-electron chi connectivity index (χ3n) is 7.69. The number of nitrogens with one attached hydrogen (secondary N) is 1. The van der Waals surface area contributed by atoms with Crippen LogP contribution in [0.3, 0.4) is 0 Å². The molecule has 1 aliphatic carbocycles. The minimum Gasteiger partial charge on any atom is -0.379 e. The highest BCUT2D eigenvalue weighted by Crippen LogP contribution is 2.40. The molecule has 4 aromatic rings. The lowest BCUT2D eigenvalue weighted by atomic mass is 9.75. The lowest BCUT2D eigenvalue weighted by molar-refractivity contribution is -0.141. The first-order valence-electron chi connectivity index (χ1n) is 12.3. The molecular weight excluding hydrogens is 488 g/mol. The first kappa shape index (κ1) is 24.0. The van der Waals surface area contributed by atoms with Gasteiger partial charge in [0.15, 0.2) is 0 Å². The molecule has 2 aliphatic rings. The van der Waals surface area contributed by atoms with Gasteiger partial charge in [0.25, 0.3) is 0 Å². The molecule has 0 radical (unpaired) electrons. The molecule has 1 saturated carbocycles. The van der Waals surface area contributed by atoms with Crippen LogP contribution >= 0.6 is 0 Å². The normalized spacial score (nSPS) is 21.4. The van der Waals surface area contributed by atoms with Gasteiger partial charge in [-0.15, -0.1) is 10.2 Å². The summed E-state index contributed by atoms with van der Waals surface area (Å²) >= 11 is 0. The van der Waals surface area contributed by atoms with Gasteiger partial charge in [0.1, 0.15) is 35.2 Å². The van der Waals surface area contributed by atoms with E-state index in [9.17, 15) is 17.6 Å². The van der Waals surface area contributed by atoms with Crippen molar-refractivity contribution in [2.45, 2.75) is 49.9 Å². The molecule has 4 heterocycles. The molecule has 37 heavy (non-hydrogen) atoms. The van der Waals surface area contributed by atoms with Gasteiger partial charge >= 0.3 is 6.18 Å². The number of pyridine rings is 1. The molecule has 0 bridgehead atoms. The van der Waals surface area contributed by atoms with Gasteiger partial charge in [-0.05, 0) is 54.9 Å².